The first-order chi connectivity index (χ1) is 7.38. The molecule has 0 aromatic heterocycles. The molecule has 0 saturated carbocycles. The molecular weight excluding hydrogens is 200 g/mol. The Kier molecular flexibility index (Phi) is 7.39. The van der Waals surface area contributed by atoms with Crippen LogP contribution in [0.4, 0.5) is 0 Å². The van der Waals surface area contributed by atoms with Crippen LogP contribution in [0.15, 0.2) is 0 Å². The van der Waals surface area contributed by atoms with E-state index in [2.05, 4.69) is 33.0 Å². The van der Waals surface area contributed by atoms with E-state index in [9.17, 15) is 4.79 Å². The van der Waals surface area contributed by atoms with Crippen LogP contribution in [0.1, 0.15) is 47.5 Å². The van der Waals surface area contributed by atoms with Gasteiger partial charge in [-0.2, -0.15) is 0 Å². The summed E-state index contributed by atoms with van der Waals surface area (Å²) in [5, 5.41) is 2.99. The van der Waals surface area contributed by atoms with E-state index >= 15 is 0 Å². The van der Waals surface area contributed by atoms with Crippen LogP contribution in [0.5, 0.6) is 0 Å². The van der Waals surface area contributed by atoms with E-state index in [1.807, 2.05) is 6.92 Å². The second kappa shape index (κ2) is 7.66. The van der Waals surface area contributed by atoms with Crippen LogP contribution in [-0.2, 0) is 4.79 Å². The van der Waals surface area contributed by atoms with Gasteiger partial charge in [0.15, 0.2) is 0 Å². The first-order valence-electron chi connectivity index (χ1n) is 6.40. The highest BCUT2D eigenvalue weighted by atomic mass is 16.1. The normalized spacial score (nSPS) is 13.6. The lowest BCUT2D eigenvalue weighted by atomic mass is 9.85. The van der Waals surface area contributed by atoms with Gasteiger partial charge in [0, 0.05) is 19.0 Å². The summed E-state index contributed by atoms with van der Waals surface area (Å²) in [5.41, 5.74) is 5.74. The van der Waals surface area contributed by atoms with Gasteiger partial charge in [0.1, 0.15) is 0 Å². The lowest BCUT2D eigenvalue weighted by Gasteiger charge is -2.25. The maximum absolute atomic E-state index is 11.6. The molecule has 1 atom stereocenters. The molecule has 0 aromatic carbocycles. The predicted octanol–water partition coefficient (Wildman–Crippen LogP) is 2.16. The van der Waals surface area contributed by atoms with Crippen LogP contribution < -0.4 is 11.1 Å². The van der Waals surface area contributed by atoms with Crippen molar-refractivity contribution in [3.8, 4) is 0 Å². The Balaban J connectivity index is 3.97. The molecule has 0 saturated heterocycles. The maximum atomic E-state index is 11.6. The van der Waals surface area contributed by atoms with Gasteiger partial charge in [0.05, 0.1) is 0 Å². The van der Waals surface area contributed by atoms with E-state index in [0.29, 0.717) is 24.2 Å². The number of amides is 1. The van der Waals surface area contributed by atoms with Gasteiger partial charge in [-0.1, -0.05) is 34.6 Å². The number of hydrogen-bond acceptors (Lipinski definition) is 2. The molecule has 0 aromatic rings. The monoisotopic (exact) mass is 228 g/mol. The summed E-state index contributed by atoms with van der Waals surface area (Å²) in [6.45, 7) is 11.6. The molecule has 0 fully saturated rings. The fraction of sp³-hybridized carbons (Fsp3) is 0.923. The Labute approximate surface area is 100 Å². The summed E-state index contributed by atoms with van der Waals surface area (Å²) >= 11 is 0. The highest BCUT2D eigenvalue weighted by Gasteiger charge is 2.18. The van der Waals surface area contributed by atoms with Crippen LogP contribution in [0, 0.1) is 17.8 Å². The van der Waals surface area contributed by atoms with E-state index in [4.69, 9.17) is 5.73 Å². The molecule has 16 heavy (non-hydrogen) atoms. The fourth-order valence-electron chi connectivity index (χ4n) is 1.93. The predicted molar refractivity (Wildman–Crippen MR) is 69.1 cm³/mol. The lowest BCUT2D eigenvalue weighted by molar-refractivity contribution is -0.121. The van der Waals surface area contributed by atoms with Crippen molar-refractivity contribution in [1.29, 1.82) is 0 Å². The van der Waals surface area contributed by atoms with Gasteiger partial charge in [-0.05, 0) is 24.2 Å². The van der Waals surface area contributed by atoms with Crippen LogP contribution in [-0.4, -0.2) is 18.5 Å². The Morgan fingerprint density at radius 3 is 2.06 bits per heavy atom. The zero-order valence-electron chi connectivity index (χ0n) is 11.4. The third-order valence-corrected chi connectivity index (χ3v) is 3.22. The third-order valence-electron chi connectivity index (χ3n) is 3.22. The molecule has 1 amide bonds. The number of nitrogens with two attached hydrogens (primary N) is 1. The SMILES string of the molecule is CCC(N)CC(=O)NCC(C(C)C)C(C)C. The third kappa shape index (κ3) is 6.11. The van der Waals surface area contributed by atoms with Crippen molar-refractivity contribution in [3.05, 3.63) is 0 Å². The van der Waals surface area contributed by atoms with Gasteiger partial charge in [0.25, 0.3) is 0 Å². The molecule has 0 bridgehead atoms. The van der Waals surface area contributed by atoms with Crippen LogP contribution in [0.3, 0.4) is 0 Å². The lowest BCUT2D eigenvalue weighted by Crippen LogP contribution is -2.36. The zero-order valence-corrected chi connectivity index (χ0v) is 11.4. The first-order valence-corrected chi connectivity index (χ1v) is 6.40. The maximum Gasteiger partial charge on any atom is 0.221 e. The van der Waals surface area contributed by atoms with E-state index < -0.39 is 0 Å². The summed E-state index contributed by atoms with van der Waals surface area (Å²) in [7, 11) is 0. The van der Waals surface area contributed by atoms with E-state index in [1.165, 1.54) is 0 Å². The van der Waals surface area contributed by atoms with Crippen molar-refractivity contribution >= 4 is 5.91 Å². The standard InChI is InChI=1S/C13H28N2O/c1-6-11(14)7-13(16)15-8-12(9(2)3)10(4)5/h9-12H,6-8,14H2,1-5H3,(H,15,16). The number of nitrogens with one attached hydrogen (secondary N) is 1. The Morgan fingerprint density at radius 1 is 1.19 bits per heavy atom. The van der Waals surface area contributed by atoms with Gasteiger partial charge in [-0.25, -0.2) is 0 Å². The highest BCUT2D eigenvalue weighted by Crippen LogP contribution is 2.19. The number of rotatable bonds is 7. The Morgan fingerprint density at radius 2 is 1.69 bits per heavy atom. The first kappa shape index (κ1) is 15.4. The largest absolute Gasteiger partial charge is 0.356 e. The van der Waals surface area contributed by atoms with Gasteiger partial charge in [-0.3, -0.25) is 4.79 Å². The molecule has 0 aliphatic carbocycles. The summed E-state index contributed by atoms with van der Waals surface area (Å²) in [6.07, 6.45) is 1.30. The molecule has 3 nitrogen and oxygen atoms in total. The molecule has 0 aliphatic heterocycles. The van der Waals surface area contributed by atoms with Crippen molar-refractivity contribution in [1.82, 2.24) is 5.32 Å². The van der Waals surface area contributed by atoms with Gasteiger partial charge >= 0.3 is 0 Å². The molecule has 3 N–H and O–H groups in total. The molecule has 0 radical (unpaired) electrons. The summed E-state index contributed by atoms with van der Waals surface area (Å²) in [5.74, 6) is 1.82. The number of carbonyl (C=O) groups excluding carboxylic acids is 1. The molecule has 0 heterocycles. The molecule has 0 rings (SSSR count). The molecule has 96 valence electrons. The molecule has 0 aliphatic rings. The second-order valence-corrected chi connectivity index (χ2v) is 5.33. The second-order valence-electron chi connectivity index (χ2n) is 5.33. The topological polar surface area (TPSA) is 55.1 Å². The highest BCUT2D eigenvalue weighted by molar-refractivity contribution is 5.76. The molecule has 0 spiro atoms. The van der Waals surface area contributed by atoms with Crippen molar-refractivity contribution < 1.29 is 4.79 Å². The summed E-state index contributed by atoms with van der Waals surface area (Å²) in [4.78, 5) is 11.6. The van der Waals surface area contributed by atoms with Gasteiger partial charge in [-0.15, -0.1) is 0 Å². The fourth-order valence-corrected chi connectivity index (χ4v) is 1.93. The average Bonchev–Trinajstić information content (AvgIpc) is 2.16. The number of hydrogen-bond donors (Lipinski definition) is 2. The Bertz CT molecular complexity index is 194. The Hall–Kier alpha value is -0.570. The van der Waals surface area contributed by atoms with Crippen molar-refractivity contribution in [2.45, 2.75) is 53.5 Å². The van der Waals surface area contributed by atoms with Gasteiger partial charge < -0.3 is 11.1 Å². The van der Waals surface area contributed by atoms with E-state index in [1.54, 1.807) is 0 Å². The minimum absolute atomic E-state index is 0.00319. The molecule has 1 unspecified atom stereocenters. The van der Waals surface area contributed by atoms with E-state index in [-0.39, 0.29) is 11.9 Å². The molecule has 3 heteroatoms. The van der Waals surface area contributed by atoms with Crippen LogP contribution in [0.25, 0.3) is 0 Å². The summed E-state index contributed by atoms with van der Waals surface area (Å²) < 4.78 is 0. The van der Waals surface area contributed by atoms with Crippen molar-refractivity contribution in [2.24, 2.45) is 23.5 Å². The number of carbonyl (C=O) groups is 1. The van der Waals surface area contributed by atoms with E-state index in [0.717, 1.165) is 13.0 Å². The summed E-state index contributed by atoms with van der Waals surface area (Å²) in [6, 6.07) is -0.00319. The average molecular weight is 228 g/mol. The smallest absolute Gasteiger partial charge is 0.221 e. The van der Waals surface area contributed by atoms with Crippen LogP contribution in [0.2, 0.25) is 0 Å². The van der Waals surface area contributed by atoms with Crippen molar-refractivity contribution in [2.75, 3.05) is 6.54 Å². The molecular formula is C13H28N2O. The minimum atomic E-state index is -0.00319. The van der Waals surface area contributed by atoms with Crippen molar-refractivity contribution in [3.63, 3.8) is 0 Å². The van der Waals surface area contributed by atoms with Crippen LogP contribution >= 0.6 is 0 Å². The quantitative estimate of drug-likeness (QED) is 0.701. The van der Waals surface area contributed by atoms with Gasteiger partial charge in [0.2, 0.25) is 5.91 Å². The minimum Gasteiger partial charge on any atom is -0.356 e. The zero-order chi connectivity index (χ0) is 12.7.